The maximum Gasteiger partial charge on any atom is 0.0714 e. The number of nitrogens with zero attached hydrogens (tertiary/aromatic N) is 1. The molecular formula is C101H65N. The van der Waals surface area contributed by atoms with E-state index in [-0.39, 0.29) is 0 Å². The van der Waals surface area contributed by atoms with Crippen molar-refractivity contribution in [2.45, 2.75) is 16.2 Å². The summed E-state index contributed by atoms with van der Waals surface area (Å²) in [5.41, 5.74) is 31.4. The molecule has 1 aromatic heterocycles. The molecule has 1 heterocycles. The quantitative estimate of drug-likeness (QED) is 0.129. The Morgan fingerprint density at radius 1 is 0.176 bits per heavy atom. The molecule has 0 aliphatic heterocycles. The van der Waals surface area contributed by atoms with E-state index < -0.39 is 16.2 Å². The van der Waals surface area contributed by atoms with E-state index in [1.807, 2.05) is 0 Å². The van der Waals surface area contributed by atoms with Gasteiger partial charge in [-0.15, -0.1) is 0 Å². The van der Waals surface area contributed by atoms with Gasteiger partial charge in [0, 0.05) is 16.5 Å². The second-order valence-corrected chi connectivity index (χ2v) is 28.0. The Hall–Kier alpha value is -12.9. The second kappa shape index (κ2) is 22.5. The lowest BCUT2D eigenvalue weighted by Gasteiger charge is -2.35. The average Bonchev–Trinajstić information content (AvgIpc) is 1.53. The topological polar surface area (TPSA) is 4.93 Å². The van der Waals surface area contributed by atoms with Gasteiger partial charge in [-0.3, -0.25) is 0 Å². The molecule has 18 aromatic rings. The number of benzene rings is 17. The van der Waals surface area contributed by atoms with Crippen LogP contribution in [0.1, 0.15) is 66.8 Å². The average molecular weight is 1290 g/mol. The Bertz CT molecular complexity index is 6280. The molecule has 0 unspecified atom stereocenters. The lowest BCUT2D eigenvalue weighted by atomic mass is 9.66. The van der Waals surface area contributed by atoms with E-state index >= 15 is 0 Å². The Morgan fingerprint density at radius 3 is 0.971 bits per heavy atom. The van der Waals surface area contributed by atoms with Crippen molar-refractivity contribution in [1.29, 1.82) is 0 Å². The largest absolute Gasteiger partial charge is 0.309 e. The monoisotopic (exact) mass is 1290 g/mol. The number of hydrogen-bond acceptors (Lipinski definition) is 0. The summed E-state index contributed by atoms with van der Waals surface area (Å²) in [6.45, 7) is 0. The molecule has 0 saturated carbocycles. The molecular weight excluding hydrogens is 1230 g/mol. The number of fused-ring (bicyclic) bond motifs is 15. The third-order valence-corrected chi connectivity index (χ3v) is 23.2. The standard InChI is InChI=1S/C101H65N/c1-7-29-73(30-8-1)99(74-31-9-2-10-32-74)90-45-24-23-43-83(90)84-53-46-68(60-91(84)99)69-47-54-85-86-55-48-70(62-93(86)100(92(85)61-69,75-33-11-3-12-34-75)76-35-13-4-14-36-76)71-49-56-87-88-58-52-79(65-95(88)101(94(87)63-71,77-37-15-5-16-38-77)78-39-17-6-18-40-78)102-96-59-51-67-27-20-22-42-82(67)98(96)89-57-50-72(64-97(89)102)81-44-25-28-66-26-19-21-41-80(66)81/h1-65H. The van der Waals surface area contributed by atoms with Gasteiger partial charge in [0.1, 0.15) is 0 Å². The molecule has 0 amide bonds. The summed E-state index contributed by atoms with van der Waals surface area (Å²) in [6.07, 6.45) is 0. The molecule has 0 fully saturated rings. The fraction of sp³-hybridized carbons (Fsp3) is 0.0297. The van der Waals surface area contributed by atoms with Crippen LogP contribution in [0, 0.1) is 0 Å². The van der Waals surface area contributed by atoms with Crippen molar-refractivity contribution >= 4 is 43.4 Å². The van der Waals surface area contributed by atoms with Gasteiger partial charge in [-0.2, -0.15) is 0 Å². The highest BCUT2D eigenvalue weighted by Crippen LogP contribution is 2.62. The number of hydrogen-bond donors (Lipinski definition) is 0. The highest BCUT2D eigenvalue weighted by molar-refractivity contribution is 6.22. The van der Waals surface area contributed by atoms with Crippen LogP contribution in [0.5, 0.6) is 0 Å². The summed E-state index contributed by atoms with van der Waals surface area (Å²) in [5.74, 6) is 0. The molecule has 474 valence electrons. The lowest BCUT2D eigenvalue weighted by molar-refractivity contribution is 0.767. The first kappa shape index (κ1) is 58.1. The fourth-order valence-corrected chi connectivity index (χ4v) is 19.0. The van der Waals surface area contributed by atoms with E-state index in [0.717, 1.165) is 5.69 Å². The van der Waals surface area contributed by atoms with Gasteiger partial charge in [0.15, 0.2) is 0 Å². The molecule has 0 bridgehead atoms. The van der Waals surface area contributed by atoms with Gasteiger partial charge in [-0.05, 0) is 204 Å². The lowest BCUT2D eigenvalue weighted by Crippen LogP contribution is -2.29. The number of rotatable bonds is 10. The summed E-state index contributed by atoms with van der Waals surface area (Å²) in [6, 6.07) is 149. The SMILES string of the molecule is c1ccc(C2(c3ccccc3)c3ccccc3-c3ccc(-c4ccc5c(c4)C(c4ccccc4)(c4ccccc4)c4cc(-c6ccc7c(c6)C(c6ccccc6)(c6ccccc6)c6cc(-n8c9cc(-c%10cccc%11ccccc%10%11)ccc9c9c%10ccccc%10ccc98)ccc6-7)ccc4-5)cc32)cc1. The summed E-state index contributed by atoms with van der Waals surface area (Å²) >= 11 is 0. The third-order valence-electron chi connectivity index (χ3n) is 23.2. The molecule has 1 nitrogen and oxygen atoms in total. The Labute approximate surface area is 593 Å². The fourth-order valence-electron chi connectivity index (χ4n) is 19.0. The zero-order chi connectivity index (χ0) is 67.1. The molecule has 0 N–H and O–H groups in total. The van der Waals surface area contributed by atoms with Crippen LogP contribution < -0.4 is 0 Å². The smallest absolute Gasteiger partial charge is 0.0714 e. The Kier molecular flexibility index (Phi) is 12.8. The maximum absolute atomic E-state index is 2.55. The molecule has 1 heteroatoms. The van der Waals surface area contributed by atoms with Crippen molar-refractivity contribution in [2.24, 2.45) is 0 Å². The predicted molar refractivity (Wildman–Crippen MR) is 424 cm³/mol. The van der Waals surface area contributed by atoms with Crippen molar-refractivity contribution in [1.82, 2.24) is 4.57 Å². The van der Waals surface area contributed by atoms with Crippen molar-refractivity contribution in [3.05, 3.63) is 461 Å². The number of aromatic nitrogens is 1. The molecule has 17 aromatic carbocycles. The third kappa shape index (κ3) is 8.16. The van der Waals surface area contributed by atoms with E-state index in [1.54, 1.807) is 0 Å². The van der Waals surface area contributed by atoms with Crippen LogP contribution in [0.2, 0.25) is 0 Å². The van der Waals surface area contributed by atoms with Gasteiger partial charge in [0.25, 0.3) is 0 Å². The molecule has 0 saturated heterocycles. The minimum atomic E-state index is -0.706. The molecule has 0 spiro atoms. The normalized spacial score (nSPS) is 13.9. The first-order valence-electron chi connectivity index (χ1n) is 35.7. The minimum Gasteiger partial charge on any atom is -0.309 e. The van der Waals surface area contributed by atoms with Crippen LogP contribution in [-0.2, 0) is 16.2 Å². The first-order chi connectivity index (χ1) is 50.6. The summed E-state index contributed by atoms with van der Waals surface area (Å²) in [4.78, 5) is 0. The summed E-state index contributed by atoms with van der Waals surface area (Å²) in [7, 11) is 0. The van der Waals surface area contributed by atoms with Crippen LogP contribution in [0.15, 0.2) is 394 Å². The van der Waals surface area contributed by atoms with E-state index in [2.05, 4.69) is 399 Å². The Morgan fingerprint density at radius 2 is 0.510 bits per heavy atom. The first-order valence-corrected chi connectivity index (χ1v) is 35.7. The van der Waals surface area contributed by atoms with Gasteiger partial charge in [0.05, 0.1) is 27.3 Å². The van der Waals surface area contributed by atoms with Crippen molar-refractivity contribution in [3.8, 4) is 72.4 Å². The molecule has 3 aliphatic rings. The van der Waals surface area contributed by atoms with E-state index in [9.17, 15) is 0 Å². The zero-order valence-electron chi connectivity index (χ0n) is 56.0. The van der Waals surface area contributed by atoms with Gasteiger partial charge in [0.2, 0.25) is 0 Å². The van der Waals surface area contributed by atoms with E-state index in [1.165, 1.54) is 177 Å². The highest BCUT2D eigenvalue weighted by Gasteiger charge is 2.50. The highest BCUT2D eigenvalue weighted by atomic mass is 15.0. The zero-order valence-corrected chi connectivity index (χ0v) is 56.0. The van der Waals surface area contributed by atoms with Crippen LogP contribution in [0.4, 0.5) is 0 Å². The summed E-state index contributed by atoms with van der Waals surface area (Å²) in [5, 5.41) is 7.46. The van der Waals surface area contributed by atoms with Crippen molar-refractivity contribution in [3.63, 3.8) is 0 Å². The van der Waals surface area contributed by atoms with Gasteiger partial charge in [-0.25, -0.2) is 0 Å². The van der Waals surface area contributed by atoms with Crippen LogP contribution in [0.25, 0.3) is 116 Å². The van der Waals surface area contributed by atoms with Crippen LogP contribution in [-0.4, -0.2) is 4.57 Å². The van der Waals surface area contributed by atoms with Crippen molar-refractivity contribution < 1.29 is 0 Å². The minimum absolute atomic E-state index is 0.523. The predicted octanol–water partition coefficient (Wildman–Crippen LogP) is 25.2. The van der Waals surface area contributed by atoms with Gasteiger partial charge >= 0.3 is 0 Å². The molecule has 102 heavy (non-hydrogen) atoms. The molecule has 0 atom stereocenters. The van der Waals surface area contributed by atoms with E-state index in [0.29, 0.717) is 0 Å². The van der Waals surface area contributed by atoms with Crippen LogP contribution in [0.3, 0.4) is 0 Å². The molecule has 0 radical (unpaired) electrons. The molecule has 21 rings (SSSR count). The maximum atomic E-state index is 2.55. The van der Waals surface area contributed by atoms with Gasteiger partial charge < -0.3 is 4.57 Å². The second-order valence-electron chi connectivity index (χ2n) is 28.0. The summed E-state index contributed by atoms with van der Waals surface area (Å²) < 4.78 is 2.55. The van der Waals surface area contributed by atoms with Crippen molar-refractivity contribution in [2.75, 3.05) is 0 Å². The van der Waals surface area contributed by atoms with Gasteiger partial charge in [-0.1, -0.05) is 346 Å². The Balaban J connectivity index is 0.755. The van der Waals surface area contributed by atoms with E-state index in [4.69, 9.17) is 0 Å². The molecule has 3 aliphatic carbocycles. The van der Waals surface area contributed by atoms with Crippen LogP contribution >= 0.6 is 0 Å².